The summed E-state index contributed by atoms with van der Waals surface area (Å²) in [5.41, 5.74) is 4.53. The number of aliphatic hydroxyl groups excluding tert-OH is 4. The number of aromatic nitrogens is 5. The van der Waals surface area contributed by atoms with E-state index in [1.807, 2.05) is 0 Å². The first kappa shape index (κ1) is 33.8. The second-order valence-corrected chi connectivity index (χ2v) is 13.5. The number of nitrogens with one attached hydrogen (secondary N) is 1. The van der Waals surface area contributed by atoms with Crippen molar-refractivity contribution in [2.75, 3.05) is 13.2 Å². The third-order valence-electron chi connectivity index (χ3n) is 6.77. The number of pyridine rings is 1. The summed E-state index contributed by atoms with van der Waals surface area (Å²) < 4.78 is 51.5. The lowest BCUT2D eigenvalue weighted by Gasteiger charge is -2.26. The van der Waals surface area contributed by atoms with Gasteiger partial charge in [-0.15, -0.1) is 0 Å². The monoisotopic (exact) mass is 742 g/mol. The number of carbonyl (C=O) groups excluding carboxylic acids is 1. The molecule has 2 fully saturated rings. The molecule has 3 aromatic heterocycles. The third kappa shape index (κ3) is 7.09. The van der Waals surface area contributed by atoms with Gasteiger partial charge in [0.25, 0.3) is 25.5 Å². The van der Waals surface area contributed by atoms with Crippen LogP contribution in [0.4, 0.5) is 0 Å². The molecular weight excluding hydrogens is 718 g/mol. The van der Waals surface area contributed by atoms with Crippen LogP contribution < -0.4 is 20.8 Å². The molecular formula is C21H25BrN6O15P2. The van der Waals surface area contributed by atoms with E-state index in [4.69, 9.17) is 15.2 Å². The van der Waals surface area contributed by atoms with E-state index in [0.717, 1.165) is 10.9 Å². The molecule has 4 unspecified atom stereocenters. The summed E-state index contributed by atoms with van der Waals surface area (Å²) in [5.74, 6) is -0.780. The van der Waals surface area contributed by atoms with Crippen molar-refractivity contribution in [3.05, 3.63) is 51.5 Å². The van der Waals surface area contributed by atoms with Crippen LogP contribution in [0.5, 0.6) is 0 Å². The molecule has 2 aliphatic heterocycles. The van der Waals surface area contributed by atoms with Crippen LogP contribution in [0.2, 0.25) is 0 Å². The predicted octanol–water partition coefficient (Wildman–Crippen LogP) is -3.17. The van der Waals surface area contributed by atoms with E-state index in [1.165, 1.54) is 29.1 Å². The lowest BCUT2D eigenvalue weighted by Crippen LogP contribution is -2.46. The molecule has 1 amide bonds. The molecule has 0 aliphatic carbocycles. The fourth-order valence-electron chi connectivity index (χ4n) is 4.62. The van der Waals surface area contributed by atoms with E-state index in [2.05, 4.69) is 44.2 Å². The van der Waals surface area contributed by atoms with E-state index in [9.17, 15) is 48.9 Å². The fraction of sp³-hybridized carbons (Fsp3) is 0.476. The number of fused-ring (bicyclic) bond motifs is 1. The summed E-state index contributed by atoms with van der Waals surface area (Å²) in [6.07, 6.45) is -8.75. The minimum Gasteiger partial charge on any atom is -0.756 e. The summed E-state index contributed by atoms with van der Waals surface area (Å²) in [6, 6.07) is 2.80. The number of halogens is 1. The van der Waals surface area contributed by atoms with Crippen molar-refractivity contribution in [3.8, 4) is 0 Å². The number of ether oxygens (including phenoxy) is 2. The molecule has 10 atom stereocenters. The zero-order valence-electron chi connectivity index (χ0n) is 22.4. The average molecular weight is 743 g/mol. The number of carbonyl (C=O) groups is 1. The van der Waals surface area contributed by atoms with Crippen LogP contribution in [-0.4, -0.2) is 101 Å². The maximum Gasteiger partial charge on any atom is 0.478 e. The number of hydrogen-bond donors (Lipinski definition) is 7. The standard InChI is InChI=1S/C21H25BrN6O15P2/c22-21-26-11-17(24-7-25-18(11)34)28(21)20-15(32)13(30)10(42-20)6-40-45(37,38)43-44(35,36)39-5-9-12(29)14(31)19(41-9)27-3-1-2-8(4-27)16(23)33/h1-4,7,9-10,12-15,19-20,29-32H,5-6H2,(H4-,23,24,25,33,34,35,36,37,38)/t9-,10-,12+,13?,14?,15+,19-,20-/m1/s1. The highest BCUT2D eigenvalue weighted by molar-refractivity contribution is 9.10. The molecule has 5 rings (SSSR count). The number of phosphoric acid groups is 2. The first-order valence-corrected chi connectivity index (χ1v) is 16.4. The molecule has 2 saturated heterocycles. The average Bonchev–Trinajstić information content (AvgIpc) is 3.56. The van der Waals surface area contributed by atoms with Gasteiger partial charge in [0.1, 0.15) is 36.1 Å². The van der Waals surface area contributed by atoms with Gasteiger partial charge < -0.3 is 54.9 Å². The molecule has 0 radical (unpaired) electrons. The number of rotatable bonds is 11. The van der Waals surface area contributed by atoms with Gasteiger partial charge >= 0.3 is 7.82 Å². The Morgan fingerprint density at radius 3 is 2.51 bits per heavy atom. The SMILES string of the molecule is NC(=O)c1ccc[n+]([C@@H]2O[C@H](COP(=O)([O-])OP(=O)(O)OC[C@H]3O[C@@H](n4c(Br)nc5c(=O)[nH]cnc54)[C@@H](O)C3O)[C@H](O)C2O)c1. The molecule has 0 aromatic carbocycles. The van der Waals surface area contributed by atoms with Gasteiger partial charge in [0.2, 0.25) is 0 Å². The molecule has 3 aromatic rings. The molecule has 8 N–H and O–H groups in total. The van der Waals surface area contributed by atoms with Crippen LogP contribution in [0.3, 0.4) is 0 Å². The highest BCUT2D eigenvalue weighted by atomic mass is 79.9. The Balaban J connectivity index is 1.17. The first-order valence-electron chi connectivity index (χ1n) is 12.7. The van der Waals surface area contributed by atoms with Crippen molar-refractivity contribution in [1.29, 1.82) is 0 Å². The second kappa shape index (κ2) is 12.9. The Bertz CT molecular complexity index is 1740. The Morgan fingerprint density at radius 2 is 1.80 bits per heavy atom. The Labute approximate surface area is 259 Å². The van der Waals surface area contributed by atoms with E-state index in [1.54, 1.807) is 0 Å². The number of aliphatic hydroxyl groups is 4. The van der Waals surface area contributed by atoms with Gasteiger partial charge in [-0.3, -0.25) is 23.2 Å². The van der Waals surface area contributed by atoms with Gasteiger partial charge in [-0.25, -0.2) is 18.8 Å². The molecule has 2 aliphatic rings. The lowest BCUT2D eigenvalue weighted by molar-refractivity contribution is -0.765. The smallest absolute Gasteiger partial charge is 0.478 e. The highest BCUT2D eigenvalue weighted by Gasteiger charge is 2.49. The van der Waals surface area contributed by atoms with Gasteiger partial charge in [-0.05, 0) is 22.0 Å². The predicted molar refractivity (Wildman–Crippen MR) is 143 cm³/mol. The van der Waals surface area contributed by atoms with Crippen LogP contribution in [0.15, 0.2) is 40.4 Å². The summed E-state index contributed by atoms with van der Waals surface area (Å²) in [7, 11) is -11.1. The molecule has 246 valence electrons. The van der Waals surface area contributed by atoms with Gasteiger partial charge in [-0.2, -0.15) is 4.57 Å². The fourth-order valence-corrected chi connectivity index (χ4v) is 7.22. The first-order chi connectivity index (χ1) is 21.1. The van der Waals surface area contributed by atoms with Crippen LogP contribution in [-0.2, 0) is 32.0 Å². The maximum absolute atomic E-state index is 12.4. The van der Waals surface area contributed by atoms with Crippen LogP contribution >= 0.6 is 31.6 Å². The number of nitrogens with zero attached hydrogens (tertiary/aromatic N) is 4. The molecule has 5 heterocycles. The quantitative estimate of drug-likeness (QED) is 0.0578. The largest absolute Gasteiger partial charge is 0.756 e. The van der Waals surface area contributed by atoms with Crippen molar-refractivity contribution < 1.29 is 71.5 Å². The van der Waals surface area contributed by atoms with Crippen LogP contribution in [0.25, 0.3) is 11.2 Å². The summed E-state index contributed by atoms with van der Waals surface area (Å²) in [5, 5.41) is 41.7. The minimum absolute atomic E-state index is 0.00639. The number of aromatic amines is 1. The van der Waals surface area contributed by atoms with Crippen molar-refractivity contribution in [1.82, 2.24) is 19.5 Å². The maximum atomic E-state index is 12.4. The van der Waals surface area contributed by atoms with Gasteiger partial charge in [0.05, 0.1) is 19.5 Å². The summed E-state index contributed by atoms with van der Waals surface area (Å²) in [4.78, 5) is 56.0. The molecule has 24 heteroatoms. The highest BCUT2D eigenvalue weighted by Crippen LogP contribution is 2.58. The molecule has 0 saturated carbocycles. The number of nitrogens with two attached hydrogens (primary N) is 1. The van der Waals surface area contributed by atoms with Crippen LogP contribution in [0, 0.1) is 0 Å². The number of phosphoric ester groups is 2. The van der Waals surface area contributed by atoms with E-state index in [-0.39, 0.29) is 21.5 Å². The van der Waals surface area contributed by atoms with Gasteiger partial charge in [0.15, 0.2) is 40.6 Å². The van der Waals surface area contributed by atoms with Crippen molar-refractivity contribution >= 4 is 48.6 Å². The zero-order chi connectivity index (χ0) is 32.8. The summed E-state index contributed by atoms with van der Waals surface area (Å²) >= 11 is 3.11. The molecule has 45 heavy (non-hydrogen) atoms. The Kier molecular flexibility index (Phi) is 9.72. The Morgan fingerprint density at radius 1 is 1.13 bits per heavy atom. The topological polar surface area (TPSA) is 315 Å². The van der Waals surface area contributed by atoms with E-state index >= 15 is 0 Å². The van der Waals surface area contributed by atoms with Crippen molar-refractivity contribution in [3.63, 3.8) is 0 Å². The molecule has 21 nitrogen and oxygen atoms in total. The van der Waals surface area contributed by atoms with Gasteiger partial charge in [0, 0.05) is 6.07 Å². The second-order valence-electron chi connectivity index (χ2n) is 9.74. The lowest BCUT2D eigenvalue weighted by atomic mass is 10.1. The van der Waals surface area contributed by atoms with Crippen molar-refractivity contribution in [2.24, 2.45) is 5.73 Å². The minimum atomic E-state index is -5.65. The number of H-pyrrole nitrogens is 1. The third-order valence-corrected chi connectivity index (χ3v) is 9.90. The molecule has 0 bridgehead atoms. The number of imidazole rings is 1. The number of hydrogen-bond acceptors (Lipinski definition) is 16. The number of primary amides is 1. The van der Waals surface area contributed by atoms with E-state index < -0.39 is 89.4 Å². The summed E-state index contributed by atoms with van der Waals surface area (Å²) in [6.45, 7) is -1.95. The zero-order valence-corrected chi connectivity index (χ0v) is 25.8. The molecule has 0 spiro atoms. The number of amides is 1. The Hall–Kier alpha value is -2.53. The van der Waals surface area contributed by atoms with E-state index in [0.29, 0.717) is 0 Å². The normalized spacial score (nSPS) is 31.2. The van der Waals surface area contributed by atoms with Gasteiger partial charge in [-0.1, -0.05) is 0 Å². The van der Waals surface area contributed by atoms with Crippen LogP contribution in [0.1, 0.15) is 22.8 Å². The van der Waals surface area contributed by atoms with Crippen molar-refractivity contribution in [2.45, 2.75) is 49.1 Å².